The molecule has 0 radical (unpaired) electrons. The van der Waals surface area contributed by atoms with E-state index in [1.54, 1.807) is 6.07 Å². The van der Waals surface area contributed by atoms with Crippen molar-refractivity contribution in [2.45, 2.75) is 50.1 Å². The van der Waals surface area contributed by atoms with E-state index in [4.69, 9.17) is 11.6 Å². The molecule has 2 aromatic carbocycles. The maximum Gasteiger partial charge on any atom is 0.325 e. The molecule has 1 saturated carbocycles. The molecule has 0 aromatic heterocycles. The smallest absolute Gasteiger partial charge is 0.325 e. The Hall–Kier alpha value is -2.86. The number of carbonyl (C=O) groups excluding carboxylic acids is 3. The van der Waals surface area contributed by atoms with E-state index in [9.17, 15) is 14.4 Å². The van der Waals surface area contributed by atoms with Crippen molar-refractivity contribution in [3.8, 4) is 0 Å². The van der Waals surface area contributed by atoms with Gasteiger partial charge in [-0.3, -0.25) is 14.5 Å². The van der Waals surface area contributed by atoms with Crippen molar-refractivity contribution in [1.82, 2.24) is 15.5 Å². The molecule has 1 saturated heterocycles. The standard InChI is InChI=1S/C24H26ClN3O3/c25-19-11-6-10-18(16-19)21(17-8-2-1-3-9-17)26-20(29)12-7-15-28-22(30)24(27-23(28)31)13-4-5-14-24/h1-3,6,8-11,16,21H,4-5,7,12-15H2,(H,26,29)(H,27,31). The largest absolute Gasteiger partial charge is 0.345 e. The number of nitrogens with one attached hydrogen (secondary N) is 2. The number of nitrogens with zero attached hydrogens (tertiary/aromatic N) is 1. The van der Waals surface area contributed by atoms with E-state index in [1.807, 2.05) is 48.5 Å². The number of amides is 4. The minimum atomic E-state index is -0.704. The van der Waals surface area contributed by atoms with Gasteiger partial charge in [-0.1, -0.05) is 66.9 Å². The van der Waals surface area contributed by atoms with Crippen LogP contribution in [0.4, 0.5) is 4.79 Å². The molecule has 1 aliphatic carbocycles. The molecule has 31 heavy (non-hydrogen) atoms. The lowest BCUT2D eigenvalue weighted by Gasteiger charge is -2.21. The fourth-order valence-corrected chi connectivity index (χ4v) is 4.72. The predicted molar refractivity (Wildman–Crippen MR) is 119 cm³/mol. The summed E-state index contributed by atoms with van der Waals surface area (Å²) in [4.78, 5) is 39.0. The van der Waals surface area contributed by atoms with Gasteiger partial charge in [0, 0.05) is 18.0 Å². The summed E-state index contributed by atoms with van der Waals surface area (Å²) in [6.45, 7) is 0.243. The zero-order chi connectivity index (χ0) is 21.8. The van der Waals surface area contributed by atoms with Gasteiger partial charge in [0.15, 0.2) is 0 Å². The molecule has 1 aliphatic heterocycles. The number of hydrogen-bond acceptors (Lipinski definition) is 3. The molecule has 4 amide bonds. The number of benzene rings is 2. The second-order valence-corrected chi connectivity index (χ2v) is 8.68. The number of carbonyl (C=O) groups is 3. The Kier molecular flexibility index (Phi) is 6.28. The average Bonchev–Trinajstić information content (AvgIpc) is 3.33. The van der Waals surface area contributed by atoms with Gasteiger partial charge in [0.05, 0.1) is 6.04 Å². The van der Waals surface area contributed by atoms with Crippen LogP contribution in [-0.2, 0) is 9.59 Å². The van der Waals surface area contributed by atoms with Crippen LogP contribution in [-0.4, -0.2) is 34.8 Å². The third kappa shape index (κ3) is 4.59. The van der Waals surface area contributed by atoms with E-state index in [2.05, 4.69) is 10.6 Å². The maximum atomic E-state index is 12.7. The zero-order valence-electron chi connectivity index (χ0n) is 17.3. The van der Waals surface area contributed by atoms with Gasteiger partial charge in [-0.15, -0.1) is 0 Å². The zero-order valence-corrected chi connectivity index (χ0v) is 18.0. The van der Waals surface area contributed by atoms with Gasteiger partial charge in [0.2, 0.25) is 5.91 Å². The summed E-state index contributed by atoms with van der Waals surface area (Å²) >= 11 is 6.16. The molecule has 2 fully saturated rings. The Bertz CT molecular complexity index is 973. The van der Waals surface area contributed by atoms with Crippen molar-refractivity contribution in [2.24, 2.45) is 0 Å². The molecule has 1 atom stereocenters. The molecular weight excluding hydrogens is 414 g/mol. The van der Waals surface area contributed by atoms with Gasteiger partial charge >= 0.3 is 6.03 Å². The van der Waals surface area contributed by atoms with Gasteiger partial charge in [-0.2, -0.15) is 0 Å². The van der Waals surface area contributed by atoms with Crippen LogP contribution in [0, 0.1) is 0 Å². The van der Waals surface area contributed by atoms with Crippen LogP contribution < -0.4 is 10.6 Å². The Balaban J connectivity index is 1.37. The normalized spacial score (nSPS) is 18.3. The van der Waals surface area contributed by atoms with Gasteiger partial charge in [-0.05, 0) is 42.5 Å². The second kappa shape index (κ2) is 9.10. The summed E-state index contributed by atoms with van der Waals surface area (Å²) in [6.07, 6.45) is 3.94. The second-order valence-electron chi connectivity index (χ2n) is 8.25. The first-order valence-electron chi connectivity index (χ1n) is 10.7. The van der Waals surface area contributed by atoms with E-state index in [1.165, 1.54) is 4.90 Å². The van der Waals surface area contributed by atoms with Crippen molar-refractivity contribution in [1.29, 1.82) is 0 Å². The van der Waals surface area contributed by atoms with Crippen LogP contribution in [0.25, 0.3) is 0 Å². The number of hydrogen-bond donors (Lipinski definition) is 2. The fraction of sp³-hybridized carbons (Fsp3) is 0.375. The summed E-state index contributed by atoms with van der Waals surface area (Å²) in [5, 5.41) is 6.55. The van der Waals surface area contributed by atoms with Crippen molar-refractivity contribution in [3.63, 3.8) is 0 Å². The molecule has 162 valence electrons. The molecule has 2 aromatic rings. The van der Waals surface area contributed by atoms with Gasteiger partial charge in [0.25, 0.3) is 5.91 Å². The molecule has 1 heterocycles. The lowest BCUT2D eigenvalue weighted by Crippen LogP contribution is -2.44. The highest BCUT2D eigenvalue weighted by Crippen LogP contribution is 2.35. The SMILES string of the molecule is O=C(CCCN1C(=O)NC2(CCCC2)C1=O)NC(c1ccccc1)c1cccc(Cl)c1. The van der Waals surface area contributed by atoms with Crippen molar-refractivity contribution in [2.75, 3.05) is 6.54 Å². The minimum absolute atomic E-state index is 0.142. The van der Waals surface area contributed by atoms with Crippen LogP contribution in [0.5, 0.6) is 0 Å². The average molecular weight is 440 g/mol. The molecule has 2 aliphatic rings. The van der Waals surface area contributed by atoms with Crippen LogP contribution >= 0.6 is 11.6 Å². The summed E-state index contributed by atoms with van der Waals surface area (Å²) in [7, 11) is 0. The molecule has 1 unspecified atom stereocenters. The monoisotopic (exact) mass is 439 g/mol. The highest BCUT2D eigenvalue weighted by Gasteiger charge is 2.52. The quantitative estimate of drug-likeness (QED) is 0.635. The first-order chi connectivity index (χ1) is 15.0. The Morgan fingerprint density at radius 3 is 2.48 bits per heavy atom. The van der Waals surface area contributed by atoms with Crippen LogP contribution in [0.2, 0.25) is 5.02 Å². The van der Waals surface area contributed by atoms with Crippen molar-refractivity contribution in [3.05, 3.63) is 70.7 Å². The van der Waals surface area contributed by atoms with E-state index >= 15 is 0 Å². The summed E-state index contributed by atoms with van der Waals surface area (Å²) in [6, 6.07) is 16.5. The third-order valence-electron chi connectivity index (χ3n) is 6.11. The molecule has 4 rings (SSSR count). The molecular formula is C24H26ClN3O3. The molecule has 1 spiro atoms. The van der Waals surface area contributed by atoms with Crippen molar-refractivity contribution >= 4 is 29.4 Å². The Morgan fingerprint density at radius 2 is 1.77 bits per heavy atom. The Labute approximate surface area is 187 Å². The lowest BCUT2D eigenvalue weighted by molar-refractivity contribution is -0.131. The summed E-state index contributed by atoms with van der Waals surface area (Å²) < 4.78 is 0. The highest BCUT2D eigenvalue weighted by molar-refractivity contribution is 6.30. The molecule has 0 bridgehead atoms. The van der Waals surface area contributed by atoms with Crippen LogP contribution in [0.3, 0.4) is 0 Å². The number of halogens is 1. The van der Waals surface area contributed by atoms with E-state index in [0.29, 0.717) is 24.3 Å². The summed E-state index contributed by atoms with van der Waals surface area (Å²) in [5.74, 6) is -0.284. The van der Waals surface area contributed by atoms with Gasteiger partial charge < -0.3 is 10.6 Å². The van der Waals surface area contributed by atoms with Crippen molar-refractivity contribution < 1.29 is 14.4 Å². The maximum absolute atomic E-state index is 12.7. The Morgan fingerprint density at radius 1 is 1.06 bits per heavy atom. The topological polar surface area (TPSA) is 78.5 Å². The predicted octanol–water partition coefficient (Wildman–Crippen LogP) is 4.19. The number of imide groups is 1. The third-order valence-corrected chi connectivity index (χ3v) is 6.34. The number of rotatable bonds is 7. The molecule has 2 N–H and O–H groups in total. The van der Waals surface area contributed by atoms with Crippen LogP contribution in [0.1, 0.15) is 55.7 Å². The van der Waals surface area contributed by atoms with E-state index in [-0.39, 0.29) is 36.9 Å². The van der Waals surface area contributed by atoms with Crippen LogP contribution in [0.15, 0.2) is 54.6 Å². The molecule has 7 heteroatoms. The lowest BCUT2D eigenvalue weighted by atomic mass is 9.98. The van der Waals surface area contributed by atoms with E-state index < -0.39 is 5.54 Å². The van der Waals surface area contributed by atoms with Gasteiger partial charge in [0.1, 0.15) is 5.54 Å². The first kappa shape index (κ1) is 21.4. The molecule has 6 nitrogen and oxygen atoms in total. The van der Waals surface area contributed by atoms with E-state index in [0.717, 1.165) is 24.0 Å². The summed E-state index contributed by atoms with van der Waals surface area (Å²) in [5.41, 5.74) is 1.14. The number of urea groups is 1. The fourth-order valence-electron chi connectivity index (χ4n) is 4.52. The highest BCUT2D eigenvalue weighted by atomic mass is 35.5. The first-order valence-corrected chi connectivity index (χ1v) is 11.1. The van der Waals surface area contributed by atoms with Gasteiger partial charge in [-0.25, -0.2) is 4.79 Å². The minimum Gasteiger partial charge on any atom is -0.345 e.